The Morgan fingerprint density at radius 1 is 1.10 bits per heavy atom. The lowest BCUT2D eigenvalue weighted by Gasteiger charge is -2.36. The van der Waals surface area contributed by atoms with Crippen LogP contribution in [-0.2, 0) is 4.74 Å². The van der Waals surface area contributed by atoms with Crippen molar-refractivity contribution in [1.29, 1.82) is 0 Å². The Hall–Kier alpha value is -2.31. The van der Waals surface area contributed by atoms with Crippen molar-refractivity contribution in [1.82, 2.24) is 9.47 Å². The fraction of sp³-hybridized carbons (Fsp3) is 0.522. The van der Waals surface area contributed by atoms with Crippen LogP contribution in [0.2, 0.25) is 0 Å². The Bertz CT molecular complexity index is 838. The number of carbonyl (C=O) groups excluding carboxylic acids is 1. The SMILES string of the molecule is COC[C@@H](C)n1c(C)cc(C(=O)CN2CCN(c3ccccc3OC)CC2)c1C. The number of methoxy groups -OCH3 is 2. The highest BCUT2D eigenvalue weighted by atomic mass is 16.5. The quantitative estimate of drug-likeness (QED) is 0.637. The number of para-hydroxylation sites is 2. The molecule has 0 amide bonds. The Labute approximate surface area is 174 Å². The minimum absolute atomic E-state index is 0.194. The van der Waals surface area contributed by atoms with Crippen LogP contribution in [0.3, 0.4) is 0 Å². The Morgan fingerprint density at radius 2 is 1.79 bits per heavy atom. The summed E-state index contributed by atoms with van der Waals surface area (Å²) >= 11 is 0. The van der Waals surface area contributed by atoms with Crippen molar-refractivity contribution in [3.63, 3.8) is 0 Å². The molecule has 1 aromatic heterocycles. The second kappa shape index (κ2) is 9.46. The Balaban J connectivity index is 1.62. The molecule has 1 saturated heterocycles. The Morgan fingerprint density at radius 3 is 2.45 bits per heavy atom. The van der Waals surface area contributed by atoms with Gasteiger partial charge >= 0.3 is 0 Å². The normalized spacial score (nSPS) is 16.1. The lowest BCUT2D eigenvalue weighted by Crippen LogP contribution is -2.48. The lowest BCUT2D eigenvalue weighted by atomic mass is 10.1. The average molecular weight is 400 g/mol. The van der Waals surface area contributed by atoms with Crippen molar-refractivity contribution in [2.45, 2.75) is 26.8 Å². The van der Waals surface area contributed by atoms with Crippen molar-refractivity contribution in [3.8, 4) is 5.75 Å². The summed E-state index contributed by atoms with van der Waals surface area (Å²) in [6, 6.07) is 10.3. The number of carbonyl (C=O) groups is 1. The van der Waals surface area contributed by atoms with E-state index in [9.17, 15) is 4.79 Å². The van der Waals surface area contributed by atoms with E-state index in [0.29, 0.717) is 13.2 Å². The van der Waals surface area contributed by atoms with Crippen molar-refractivity contribution in [2.24, 2.45) is 0 Å². The summed E-state index contributed by atoms with van der Waals surface area (Å²) in [5.41, 5.74) is 4.09. The second-order valence-corrected chi connectivity index (χ2v) is 7.82. The van der Waals surface area contributed by atoms with E-state index in [0.717, 1.165) is 54.6 Å². The average Bonchev–Trinajstić information content (AvgIpc) is 3.03. The maximum absolute atomic E-state index is 13.0. The third-order valence-electron chi connectivity index (χ3n) is 5.80. The molecule has 0 N–H and O–H groups in total. The van der Waals surface area contributed by atoms with Crippen molar-refractivity contribution >= 4 is 11.5 Å². The van der Waals surface area contributed by atoms with E-state index in [1.165, 1.54) is 0 Å². The highest BCUT2D eigenvalue weighted by Crippen LogP contribution is 2.28. The molecule has 1 aromatic carbocycles. The molecule has 6 nitrogen and oxygen atoms in total. The van der Waals surface area contributed by atoms with Gasteiger partial charge in [0.2, 0.25) is 0 Å². The van der Waals surface area contributed by atoms with Crippen molar-refractivity contribution in [3.05, 3.63) is 47.3 Å². The molecular formula is C23H33N3O3. The molecule has 2 heterocycles. The first kappa shape index (κ1) is 21.4. The minimum Gasteiger partial charge on any atom is -0.495 e. The molecule has 1 aliphatic rings. The summed E-state index contributed by atoms with van der Waals surface area (Å²) in [6.07, 6.45) is 0. The number of piperazine rings is 1. The first-order valence-electron chi connectivity index (χ1n) is 10.3. The van der Waals surface area contributed by atoms with Gasteiger partial charge in [-0.1, -0.05) is 12.1 Å². The second-order valence-electron chi connectivity index (χ2n) is 7.82. The number of Topliss-reactive ketones (excluding diaryl/α,β-unsaturated/α-hetero) is 1. The maximum atomic E-state index is 13.0. The molecule has 0 bridgehead atoms. The highest BCUT2D eigenvalue weighted by Gasteiger charge is 2.24. The van der Waals surface area contributed by atoms with Crippen LogP contribution in [0.4, 0.5) is 5.69 Å². The molecule has 0 saturated carbocycles. The summed E-state index contributed by atoms with van der Waals surface area (Å²) in [4.78, 5) is 17.6. The van der Waals surface area contributed by atoms with E-state index in [-0.39, 0.29) is 11.8 Å². The number of rotatable bonds is 8. The van der Waals surface area contributed by atoms with E-state index in [4.69, 9.17) is 9.47 Å². The highest BCUT2D eigenvalue weighted by molar-refractivity contribution is 5.99. The molecule has 6 heteroatoms. The number of aromatic nitrogens is 1. The molecule has 0 unspecified atom stereocenters. The fourth-order valence-corrected chi connectivity index (χ4v) is 4.38. The zero-order valence-corrected chi connectivity index (χ0v) is 18.3. The number of aryl methyl sites for hydroxylation is 1. The van der Waals surface area contributed by atoms with E-state index < -0.39 is 0 Å². The summed E-state index contributed by atoms with van der Waals surface area (Å²) < 4.78 is 13.0. The fourth-order valence-electron chi connectivity index (χ4n) is 4.38. The summed E-state index contributed by atoms with van der Waals surface area (Å²) in [7, 11) is 3.42. The van der Waals surface area contributed by atoms with Crippen LogP contribution in [0.1, 0.15) is 34.7 Å². The molecule has 3 rings (SSSR count). The molecule has 158 valence electrons. The van der Waals surface area contributed by atoms with Crippen LogP contribution in [-0.4, -0.2) is 68.8 Å². The predicted octanol–water partition coefficient (Wildman–Crippen LogP) is 3.33. The van der Waals surface area contributed by atoms with Gasteiger partial charge in [0.05, 0.1) is 32.0 Å². The molecule has 1 atom stereocenters. The van der Waals surface area contributed by atoms with Crippen LogP contribution in [0.15, 0.2) is 30.3 Å². The largest absolute Gasteiger partial charge is 0.495 e. The lowest BCUT2D eigenvalue weighted by molar-refractivity contribution is 0.0925. The van der Waals surface area contributed by atoms with Gasteiger partial charge in [0.25, 0.3) is 0 Å². The van der Waals surface area contributed by atoms with Crippen LogP contribution in [0, 0.1) is 13.8 Å². The first-order valence-corrected chi connectivity index (χ1v) is 10.3. The van der Waals surface area contributed by atoms with Crippen LogP contribution < -0.4 is 9.64 Å². The first-order chi connectivity index (χ1) is 14.0. The summed E-state index contributed by atoms with van der Waals surface area (Å²) in [5, 5.41) is 0. The van der Waals surface area contributed by atoms with Gasteiger partial charge in [-0.05, 0) is 39.0 Å². The number of ether oxygens (including phenoxy) is 2. The van der Waals surface area contributed by atoms with Crippen molar-refractivity contribution < 1.29 is 14.3 Å². The predicted molar refractivity (Wildman–Crippen MR) is 116 cm³/mol. The molecule has 29 heavy (non-hydrogen) atoms. The molecular weight excluding hydrogens is 366 g/mol. The Kier molecular flexibility index (Phi) is 6.98. The number of hydrogen-bond acceptors (Lipinski definition) is 5. The molecule has 0 aliphatic carbocycles. The van der Waals surface area contributed by atoms with Crippen LogP contribution in [0.5, 0.6) is 5.75 Å². The van der Waals surface area contributed by atoms with Gasteiger partial charge in [0.1, 0.15) is 5.75 Å². The number of nitrogens with zero attached hydrogens (tertiary/aromatic N) is 3. The van der Waals surface area contributed by atoms with Gasteiger partial charge < -0.3 is 18.9 Å². The smallest absolute Gasteiger partial charge is 0.178 e. The maximum Gasteiger partial charge on any atom is 0.178 e. The third-order valence-corrected chi connectivity index (χ3v) is 5.80. The molecule has 1 aliphatic heterocycles. The van der Waals surface area contributed by atoms with Crippen LogP contribution in [0.25, 0.3) is 0 Å². The van der Waals surface area contributed by atoms with Gasteiger partial charge in [-0.15, -0.1) is 0 Å². The van der Waals surface area contributed by atoms with E-state index in [2.05, 4.69) is 34.3 Å². The van der Waals surface area contributed by atoms with Crippen LogP contribution >= 0.6 is 0 Å². The zero-order valence-electron chi connectivity index (χ0n) is 18.3. The van der Waals surface area contributed by atoms with Gasteiger partial charge in [-0.25, -0.2) is 0 Å². The number of hydrogen-bond donors (Lipinski definition) is 0. The number of anilines is 1. The minimum atomic E-state index is 0.194. The van der Waals surface area contributed by atoms with E-state index >= 15 is 0 Å². The summed E-state index contributed by atoms with van der Waals surface area (Å²) in [6.45, 7) is 10.8. The third kappa shape index (κ3) is 4.65. The van der Waals surface area contributed by atoms with Gasteiger partial charge in [-0.2, -0.15) is 0 Å². The van der Waals surface area contributed by atoms with Gasteiger partial charge in [0.15, 0.2) is 5.78 Å². The van der Waals surface area contributed by atoms with Gasteiger partial charge in [-0.3, -0.25) is 9.69 Å². The zero-order chi connectivity index (χ0) is 21.0. The topological polar surface area (TPSA) is 46.9 Å². The molecule has 2 aromatic rings. The number of benzene rings is 1. The summed E-state index contributed by atoms with van der Waals surface area (Å²) in [5.74, 6) is 1.09. The molecule has 1 fully saturated rings. The standard InChI is InChI=1S/C23H33N3O3/c1-17-14-20(19(3)26(17)18(2)16-28-4)22(27)15-24-10-12-25(13-11-24)21-8-6-7-9-23(21)29-5/h6-9,14,18H,10-13,15-16H2,1-5H3/t18-/m1/s1. The monoisotopic (exact) mass is 399 g/mol. The van der Waals surface area contributed by atoms with E-state index in [1.54, 1.807) is 14.2 Å². The van der Waals surface area contributed by atoms with Crippen molar-refractivity contribution in [2.75, 3.05) is 58.5 Å². The molecule has 0 radical (unpaired) electrons. The van der Waals surface area contributed by atoms with Gasteiger partial charge in [0, 0.05) is 50.2 Å². The molecule has 0 spiro atoms. The van der Waals surface area contributed by atoms with E-state index in [1.807, 2.05) is 31.2 Å². The number of ketones is 1.